The highest BCUT2D eigenvalue weighted by atomic mass is 32.1. The molecular formula is C15H21N3OS. The van der Waals surface area contributed by atoms with Crippen LogP contribution < -0.4 is 4.74 Å². The zero-order valence-corrected chi connectivity index (χ0v) is 13.2. The zero-order chi connectivity index (χ0) is 14.1. The van der Waals surface area contributed by atoms with Crippen LogP contribution in [0, 0.1) is 6.92 Å². The Balaban J connectivity index is 1.80. The quantitative estimate of drug-likeness (QED) is 0.871. The van der Waals surface area contributed by atoms with Gasteiger partial charge in [-0.05, 0) is 38.4 Å². The van der Waals surface area contributed by atoms with E-state index in [2.05, 4.69) is 29.1 Å². The molecule has 0 saturated heterocycles. The zero-order valence-electron chi connectivity index (χ0n) is 12.3. The molecule has 0 spiro atoms. The summed E-state index contributed by atoms with van der Waals surface area (Å²) in [5.41, 5.74) is 2.59. The molecule has 0 N–H and O–H groups in total. The second kappa shape index (κ2) is 5.58. The fourth-order valence-corrected chi connectivity index (χ4v) is 3.82. The van der Waals surface area contributed by atoms with Gasteiger partial charge in [-0.3, -0.25) is 9.58 Å². The van der Waals surface area contributed by atoms with Crippen LogP contribution in [0.3, 0.4) is 0 Å². The third kappa shape index (κ3) is 2.60. The van der Waals surface area contributed by atoms with Crippen molar-refractivity contribution in [2.24, 2.45) is 7.05 Å². The molecular weight excluding hydrogens is 270 g/mol. The van der Waals surface area contributed by atoms with Gasteiger partial charge >= 0.3 is 0 Å². The Bertz CT molecular complexity index is 602. The van der Waals surface area contributed by atoms with E-state index < -0.39 is 0 Å². The summed E-state index contributed by atoms with van der Waals surface area (Å²) in [6.07, 6.45) is 2.23. The van der Waals surface area contributed by atoms with E-state index >= 15 is 0 Å². The lowest BCUT2D eigenvalue weighted by atomic mass is 10.1. The fraction of sp³-hybridized carbons (Fsp3) is 0.533. The number of aromatic nitrogens is 2. The van der Waals surface area contributed by atoms with E-state index in [9.17, 15) is 0 Å². The van der Waals surface area contributed by atoms with E-state index in [1.807, 2.05) is 23.1 Å². The molecule has 0 bridgehead atoms. The normalized spacial score (nSPS) is 15.9. The number of fused-ring (bicyclic) bond motifs is 1. The second-order valence-corrected chi connectivity index (χ2v) is 6.76. The maximum absolute atomic E-state index is 5.40. The van der Waals surface area contributed by atoms with Crippen molar-refractivity contribution in [2.45, 2.75) is 32.9 Å². The van der Waals surface area contributed by atoms with Crippen LogP contribution in [0.2, 0.25) is 0 Å². The highest BCUT2D eigenvalue weighted by Crippen LogP contribution is 2.28. The van der Waals surface area contributed by atoms with Gasteiger partial charge in [-0.25, -0.2) is 0 Å². The van der Waals surface area contributed by atoms with Crippen LogP contribution in [0.25, 0.3) is 0 Å². The lowest BCUT2D eigenvalue weighted by molar-refractivity contribution is 0.256. The summed E-state index contributed by atoms with van der Waals surface area (Å²) < 4.78 is 7.38. The van der Waals surface area contributed by atoms with Crippen LogP contribution in [0.1, 0.15) is 27.4 Å². The van der Waals surface area contributed by atoms with Crippen LogP contribution >= 0.6 is 11.3 Å². The van der Waals surface area contributed by atoms with Gasteiger partial charge in [0, 0.05) is 35.5 Å². The molecule has 5 heteroatoms. The Hall–Kier alpha value is -1.33. The molecule has 2 aromatic heterocycles. The Morgan fingerprint density at radius 1 is 1.40 bits per heavy atom. The first-order valence-electron chi connectivity index (χ1n) is 7.04. The second-order valence-electron chi connectivity index (χ2n) is 5.38. The first-order valence-corrected chi connectivity index (χ1v) is 7.85. The summed E-state index contributed by atoms with van der Waals surface area (Å²) in [5, 5.41) is 4.47. The Morgan fingerprint density at radius 2 is 2.25 bits per heavy atom. The van der Waals surface area contributed by atoms with Crippen molar-refractivity contribution in [1.29, 1.82) is 0 Å². The Kier molecular flexibility index (Phi) is 3.81. The topological polar surface area (TPSA) is 30.3 Å². The molecule has 2 aromatic rings. The maximum Gasteiger partial charge on any atom is 0.236 e. The number of hydrogen-bond acceptors (Lipinski definition) is 4. The van der Waals surface area contributed by atoms with E-state index in [1.54, 1.807) is 7.11 Å². The molecule has 0 amide bonds. The van der Waals surface area contributed by atoms with Crippen LogP contribution in [0.15, 0.2) is 12.1 Å². The average Bonchev–Trinajstić information content (AvgIpc) is 2.87. The van der Waals surface area contributed by atoms with Crippen molar-refractivity contribution in [3.8, 4) is 5.88 Å². The molecule has 1 aliphatic heterocycles. The van der Waals surface area contributed by atoms with Gasteiger partial charge in [0.2, 0.25) is 5.88 Å². The number of aryl methyl sites for hydroxylation is 2. The minimum atomic E-state index is 0.802. The minimum Gasteiger partial charge on any atom is -0.480 e. The molecule has 0 radical (unpaired) electrons. The van der Waals surface area contributed by atoms with Crippen LogP contribution in [0.4, 0.5) is 0 Å². The fourth-order valence-electron chi connectivity index (χ4n) is 2.88. The van der Waals surface area contributed by atoms with Crippen LogP contribution in [-0.2, 0) is 26.6 Å². The van der Waals surface area contributed by atoms with E-state index in [0.29, 0.717) is 0 Å². The summed E-state index contributed by atoms with van der Waals surface area (Å²) in [6.45, 7) is 5.29. The molecule has 0 saturated carbocycles. The predicted octanol–water partition coefficient (Wildman–Crippen LogP) is 2.75. The van der Waals surface area contributed by atoms with Crippen molar-refractivity contribution in [3.63, 3.8) is 0 Å². The van der Waals surface area contributed by atoms with Crippen molar-refractivity contribution < 1.29 is 4.74 Å². The van der Waals surface area contributed by atoms with Gasteiger partial charge in [0.25, 0.3) is 0 Å². The third-order valence-corrected chi connectivity index (χ3v) is 4.87. The van der Waals surface area contributed by atoms with Crippen molar-refractivity contribution in [1.82, 2.24) is 14.7 Å². The minimum absolute atomic E-state index is 0.802. The van der Waals surface area contributed by atoms with Crippen molar-refractivity contribution >= 4 is 11.3 Å². The summed E-state index contributed by atoms with van der Waals surface area (Å²) in [7, 11) is 3.72. The summed E-state index contributed by atoms with van der Waals surface area (Å²) in [6, 6.07) is 4.45. The van der Waals surface area contributed by atoms with Gasteiger partial charge in [-0.1, -0.05) is 0 Å². The lowest BCUT2D eigenvalue weighted by Gasteiger charge is -2.19. The smallest absolute Gasteiger partial charge is 0.236 e. The van der Waals surface area contributed by atoms with Crippen LogP contribution in [-0.4, -0.2) is 28.3 Å². The molecule has 20 heavy (non-hydrogen) atoms. The Morgan fingerprint density at radius 3 is 2.95 bits per heavy atom. The molecule has 3 heterocycles. The molecule has 4 nitrogen and oxygen atoms in total. The highest BCUT2D eigenvalue weighted by molar-refractivity contribution is 7.11. The summed E-state index contributed by atoms with van der Waals surface area (Å²) in [5.74, 6) is 0.802. The monoisotopic (exact) mass is 291 g/mol. The van der Waals surface area contributed by atoms with Gasteiger partial charge < -0.3 is 4.74 Å². The van der Waals surface area contributed by atoms with Crippen LogP contribution in [0.5, 0.6) is 5.88 Å². The number of nitrogens with zero attached hydrogens (tertiary/aromatic N) is 3. The number of ether oxygens (including phenoxy) is 1. The molecule has 0 fully saturated rings. The van der Waals surface area contributed by atoms with E-state index in [0.717, 1.165) is 31.9 Å². The van der Waals surface area contributed by atoms with Crippen molar-refractivity contribution in [3.05, 3.63) is 33.1 Å². The first-order chi connectivity index (χ1) is 9.67. The average molecular weight is 291 g/mol. The SMILES string of the molecule is COc1nn(C)c2c1CCCN(Cc1ccc(C)s1)C2. The first kappa shape index (κ1) is 13.6. The third-order valence-electron chi connectivity index (χ3n) is 3.88. The largest absolute Gasteiger partial charge is 0.480 e. The standard InChI is InChI=1S/C15H21N3OS/c1-11-6-7-12(20-11)9-18-8-4-5-13-14(10-18)17(2)16-15(13)19-3/h6-7H,4-5,8-10H2,1-3H3. The molecule has 108 valence electrons. The number of rotatable bonds is 3. The predicted molar refractivity (Wildman–Crippen MR) is 81.3 cm³/mol. The van der Waals surface area contributed by atoms with Gasteiger partial charge in [0.15, 0.2) is 0 Å². The van der Waals surface area contributed by atoms with Gasteiger partial charge in [-0.15, -0.1) is 16.4 Å². The number of methoxy groups -OCH3 is 1. The maximum atomic E-state index is 5.40. The lowest BCUT2D eigenvalue weighted by Crippen LogP contribution is -2.23. The summed E-state index contributed by atoms with van der Waals surface area (Å²) >= 11 is 1.89. The molecule has 0 atom stereocenters. The molecule has 0 aliphatic carbocycles. The van der Waals surface area contributed by atoms with Crippen molar-refractivity contribution in [2.75, 3.05) is 13.7 Å². The molecule has 3 rings (SSSR count). The van der Waals surface area contributed by atoms with Gasteiger partial charge in [0.05, 0.1) is 12.8 Å². The van der Waals surface area contributed by atoms with E-state index in [-0.39, 0.29) is 0 Å². The van der Waals surface area contributed by atoms with Gasteiger partial charge in [-0.2, -0.15) is 0 Å². The highest BCUT2D eigenvalue weighted by Gasteiger charge is 2.22. The van der Waals surface area contributed by atoms with E-state index in [4.69, 9.17) is 4.74 Å². The molecule has 1 aliphatic rings. The Labute approximate surface area is 124 Å². The summed E-state index contributed by atoms with van der Waals surface area (Å²) in [4.78, 5) is 5.34. The number of hydrogen-bond donors (Lipinski definition) is 0. The molecule has 0 aromatic carbocycles. The van der Waals surface area contributed by atoms with Gasteiger partial charge in [0.1, 0.15) is 0 Å². The molecule has 0 unspecified atom stereocenters. The van der Waals surface area contributed by atoms with E-state index in [1.165, 1.54) is 27.4 Å². The number of thiophene rings is 1.